The molecule has 5 nitrogen and oxygen atoms in total. The summed E-state index contributed by atoms with van der Waals surface area (Å²) >= 11 is 0. The first kappa shape index (κ1) is 16.5. The number of urea groups is 1. The lowest BCUT2D eigenvalue weighted by Gasteiger charge is -2.13. The smallest absolute Gasteiger partial charge is 0.315 e. The van der Waals surface area contributed by atoms with E-state index in [0.29, 0.717) is 26.1 Å². The maximum absolute atomic E-state index is 11.7. The normalized spacial score (nSPS) is 11.9. The zero-order valence-electron chi connectivity index (χ0n) is 12.2. The number of aliphatic hydroxyl groups excluding tert-OH is 1. The molecule has 2 amide bonds. The summed E-state index contributed by atoms with van der Waals surface area (Å²) in [7, 11) is 1.65. The Kier molecular flexibility index (Phi) is 7.69. The first-order valence-corrected chi connectivity index (χ1v) is 6.85. The average Bonchev–Trinajstić information content (AvgIpc) is 2.45. The van der Waals surface area contributed by atoms with E-state index >= 15 is 0 Å². The third kappa shape index (κ3) is 6.04. The van der Waals surface area contributed by atoms with E-state index in [1.807, 2.05) is 31.2 Å². The monoisotopic (exact) mass is 280 g/mol. The SMILES string of the molecule is COCc1ccccc1CNC(=O)NCC(C)CCO. The van der Waals surface area contributed by atoms with Gasteiger partial charge in [0.1, 0.15) is 0 Å². The third-order valence-corrected chi connectivity index (χ3v) is 3.09. The van der Waals surface area contributed by atoms with E-state index in [9.17, 15) is 4.79 Å². The number of rotatable bonds is 8. The van der Waals surface area contributed by atoms with Crippen molar-refractivity contribution in [1.82, 2.24) is 10.6 Å². The summed E-state index contributed by atoms with van der Waals surface area (Å²) in [5.41, 5.74) is 2.12. The second-order valence-electron chi connectivity index (χ2n) is 4.88. The van der Waals surface area contributed by atoms with Crippen molar-refractivity contribution in [2.45, 2.75) is 26.5 Å². The van der Waals surface area contributed by atoms with Crippen molar-refractivity contribution in [1.29, 1.82) is 0 Å². The van der Waals surface area contributed by atoms with Crippen LogP contribution in [0.1, 0.15) is 24.5 Å². The molecule has 0 saturated heterocycles. The average molecular weight is 280 g/mol. The van der Waals surface area contributed by atoms with Crippen molar-refractivity contribution in [2.75, 3.05) is 20.3 Å². The van der Waals surface area contributed by atoms with Gasteiger partial charge in [-0.3, -0.25) is 0 Å². The van der Waals surface area contributed by atoms with Crippen molar-refractivity contribution < 1.29 is 14.6 Å². The Morgan fingerprint density at radius 1 is 1.30 bits per heavy atom. The number of aliphatic hydroxyl groups is 1. The summed E-state index contributed by atoms with van der Waals surface area (Å²) in [4.78, 5) is 11.7. The summed E-state index contributed by atoms with van der Waals surface area (Å²) < 4.78 is 5.13. The Labute approximate surface area is 120 Å². The fraction of sp³-hybridized carbons (Fsp3) is 0.533. The van der Waals surface area contributed by atoms with Crippen LogP contribution in [0.4, 0.5) is 4.79 Å². The molecular formula is C15H24N2O3. The Bertz CT molecular complexity index is 410. The Balaban J connectivity index is 2.37. The molecule has 0 aromatic heterocycles. The number of hydrogen-bond acceptors (Lipinski definition) is 3. The number of carbonyl (C=O) groups is 1. The van der Waals surface area contributed by atoms with Gasteiger partial charge < -0.3 is 20.5 Å². The Morgan fingerprint density at radius 3 is 2.65 bits per heavy atom. The van der Waals surface area contributed by atoms with Gasteiger partial charge in [-0.05, 0) is 23.5 Å². The number of hydrogen-bond donors (Lipinski definition) is 3. The molecule has 0 saturated carbocycles. The topological polar surface area (TPSA) is 70.6 Å². The number of methoxy groups -OCH3 is 1. The fourth-order valence-corrected chi connectivity index (χ4v) is 1.85. The molecule has 20 heavy (non-hydrogen) atoms. The molecule has 0 spiro atoms. The van der Waals surface area contributed by atoms with E-state index in [1.165, 1.54) is 0 Å². The van der Waals surface area contributed by atoms with Crippen molar-refractivity contribution in [3.63, 3.8) is 0 Å². The third-order valence-electron chi connectivity index (χ3n) is 3.09. The maximum atomic E-state index is 11.7. The van der Waals surface area contributed by atoms with Crippen LogP contribution >= 0.6 is 0 Å². The van der Waals surface area contributed by atoms with Crippen LogP contribution in [-0.4, -0.2) is 31.4 Å². The molecule has 1 rings (SSSR count). The molecule has 0 aliphatic carbocycles. The van der Waals surface area contributed by atoms with Crippen LogP contribution < -0.4 is 10.6 Å². The van der Waals surface area contributed by atoms with Gasteiger partial charge >= 0.3 is 6.03 Å². The molecule has 0 bridgehead atoms. The summed E-state index contributed by atoms with van der Waals surface area (Å²) in [5.74, 6) is 0.270. The van der Waals surface area contributed by atoms with E-state index in [0.717, 1.165) is 11.1 Å². The fourth-order valence-electron chi connectivity index (χ4n) is 1.85. The van der Waals surface area contributed by atoms with Crippen LogP contribution in [0.2, 0.25) is 0 Å². The lowest BCUT2D eigenvalue weighted by Crippen LogP contribution is -2.37. The summed E-state index contributed by atoms with van der Waals surface area (Å²) in [6.45, 7) is 3.71. The highest BCUT2D eigenvalue weighted by Crippen LogP contribution is 2.09. The molecule has 0 heterocycles. The molecule has 0 fully saturated rings. The Morgan fingerprint density at radius 2 is 2.00 bits per heavy atom. The van der Waals surface area contributed by atoms with Crippen LogP contribution in [0.5, 0.6) is 0 Å². The molecule has 0 radical (unpaired) electrons. The van der Waals surface area contributed by atoms with E-state index < -0.39 is 0 Å². The number of ether oxygens (including phenoxy) is 1. The van der Waals surface area contributed by atoms with Gasteiger partial charge in [-0.25, -0.2) is 4.79 Å². The summed E-state index contributed by atoms with van der Waals surface area (Å²) in [6.07, 6.45) is 0.691. The minimum absolute atomic E-state index is 0.148. The number of benzene rings is 1. The number of nitrogens with one attached hydrogen (secondary N) is 2. The van der Waals surface area contributed by atoms with E-state index in [1.54, 1.807) is 7.11 Å². The van der Waals surface area contributed by atoms with Crippen LogP contribution in [0.3, 0.4) is 0 Å². The number of amides is 2. The molecule has 112 valence electrons. The van der Waals surface area contributed by atoms with E-state index in [-0.39, 0.29) is 18.6 Å². The van der Waals surface area contributed by atoms with Crippen molar-refractivity contribution in [3.8, 4) is 0 Å². The lowest BCUT2D eigenvalue weighted by atomic mass is 10.1. The predicted molar refractivity (Wildman–Crippen MR) is 78.3 cm³/mol. The first-order chi connectivity index (χ1) is 9.67. The van der Waals surface area contributed by atoms with Gasteiger partial charge in [0.2, 0.25) is 0 Å². The molecule has 0 aliphatic heterocycles. The molecule has 1 atom stereocenters. The minimum Gasteiger partial charge on any atom is -0.396 e. The highest BCUT2D eigenvalue weighted by atomic mass is 16.5. The van der Waals surface area contributed by atoms with Crippen LogP contribution in [0.25, 0.3) is 0 Å². The number of carbonyl (C=O) groups excluding carboxylic acids is 1. The maximum Gasteiger partial charge on any atom is 0.315 e. The first-order valence-electron chi connectivity index (χ1n) is 6.85. The summed E-state index contributed by atoms with van der Waals surface area (Å²) in [6, 6.07) is 7.67. The highest BCUT2D eigenvalue weighted by molar-refractivity contribution is 5.73. The summed E-state index contributed by atoms with van der Waals surface area (Å²) in [5, 5.41) is 14.4. The largest absolute Gasteiger partial charge is 0.396 e. The van der Waals surface area contributed by atoms with Gasteiger partial charge in [0, 0.05) is 26.8 Å². The molecular weight excluding hydrogens is 256 g/mol. The molecule has 1 unspecified atom stereocenters. The minimum atomic E-state index is -0.193. The van der Waals surface area contributed by atoms with Crippen LogP contribution in [0, 0.1) is 5.92 Å². The zero-order valence-corrected chi connectivity index (χ0v) is 12.2. The predicted octanol–water partition coefficient (Wildman–Crippen LogP) is 1.65. The molecule has 1 aromatic rings. The zero-order chi connectivity index (χ0) is 14.8. The van der Waals surface area contributed by atoms with Crippen LogP contribution in [-0.2, 0) is 17.9 Å². The van der Waals surface area contributed by atoms with Crippen molar-refractivity contribution in [3.05, 3.63) is 35.4 Å². The molecule has 3 N–H and O–H groups in total. The van der Waals surface area contributed by atoms with Gasteiger partial charge in [-0.15, -0.1) is 0 Å². The molecule has 5 heteroatoms. The Hall–Kier alpha value is -1.59. The van der Waals surface area contributed by atoms with Crippen molar-refractivity contribution in [2.24, 2.45) is 5.92 Å². The second kappa shape index (κ2) is 9.34. The lowest BCUT2D eigenvalue weighted by molar-refractivity contribution is 0.184. The van der Waals surface area contributed by atoms with Gasteiger partial charge in [0.15, 0.2) is 0 Å². The van der Waals surface area contributed by atoms with Crippen molar-refractivity contribution >= 4 is 6.03 Å². The quantitative estimate of drug-likeness (QED) is 0.678. The molecule has 0 aliphatic rings. The van der Waals surface area contributed by atoms with Crippen LogP contribution in [0.15, 0.2) is 24.3 Å². The van der Waals surface area contributed by atoms with Gasteiger partial charge in [0.25, 0.3) is 0 Å². The van der Waals surface area contributed by atoms with Gasteiger partial charge in [0.05, 0.1) is 6.61 Å². The van der Waals surface area contributed by atoms with E-state index in [2.05, 4.69) is 10.6 Å². The standard InChI is InChI=1S/C15H24N2O3/c1-12(7-8-18)9-16-15(19)17-10-13-5-3-4-6-14(13)11-20-2/h3-6,12,18H,7-11H2,1-2H3,(H2,16,17,19). The second-order valence-corrected chi connectivity index (χ2v) is 4.88. The molecule has 1 aromatic carbocycles. The van der Waals surface area contributed by atoms with E-state index in [4.69, 9.17) is 9.84 Å². The highest BCUT2D eigenvalue weighted by Gasteiger charge is 2.06. The van der Waals surface area contributed by atoms with Gasteiger partial charge in [-0.1, -0.05) is 31.2 Å². The van der Waals surface area contributed by atoms with Gasteiger partial charge in [-0.2, -0.15) is 0 Å².